The van der Waals surface area contributed by atoms with E-state index in [-0.39, 0.29) is 21.1 Å². The summed E-state index contributed by atoms with van der Waals surface area (Å²) in [4.78, 5) is 28.3. The maximum absolute atomic E-state index is 13.7. The molecule has 1 aliphatic carbocycles. The van der Waals surface area contributed by atoms with E-state index in [9.17, 15) is 49.1 Å². The van der Waals surface area contributed by atoms with Gasteiger partial charge in [-0.3, -0.25) is 14.3 Å². The van der Waals surface area contributed by atoms with Crippen molar-refractivity contribution in [3.63, 3.8) is 0 Å². The van der Waals surface area contributed by atoms with E-state index in [1.807, 2.05) is 0 Å². The van der Waals surface area contributed by atoms with E-state index in [1.54, 1.807) is 5.32 Å². The molecule has 2 unspecified atom stereocenters. The van der Waals surface area contributed by atoms with Crippen molar-refractivity contribution in [3.8, 4) is 0 Å². The smallest absolute Gasteiger partial charge is 0.346 e. The Morgan fingerprint density at radius 3 is 2.21 bits per heavy atom. The Kier molecular flexibility index (Phi) is 6.38. The first-order valence-corrected chi connectivity index (χ1v) is 9.75. The monoisotopic (exact) mass is 567 g/mol. The Hall–Kier alpha value is -2.85. The number of halogens is 10. The van der Waals surface area contributed by atoms with Crippen molar-refractivity contribution in [2.45, 2.75) is 36.9 Å². The van der Waals surface area contributed by atoms with Crippen LogP contribution in [-0.4, -0.2) is 45.0 Å². The molecule has 0 spiro atoms. The second-order valence-electron chi connectivity index (χ2n) is 7.10. The van der Waals surface area contributed by atoms with Crippen molar-refractivity contribution in [3.05, 3.63) is 39.3 Å². The third-order valence-corrected chi connectivity index (χ3v) is 5.20. The molecule has 0 aromatic carbocycles. The molecule has 2 aromatic rings. The Morgan fingerprint density at radius 1 is 1.12 bits per heavy atom. The van der Waals surface area contributed by atoms with E-state index in [2.05, 4.69) is 31.3 Å². The van der Waals surface area contributed by atoms with Crippen molar-refractivity contribution in [1.82, 2.24) is 20.1 Å². The van der Waals surface area contributed by atoms with Gasteiger partial charge in [-0.05, 0) is 22.0 Å². The number of aromatic nitrogens is 3. The van der Waals surface area contributed by atoms with Crippen LogP contribution in [0.4, 0.5) is 45.3 Å². The van der Waals surface area contributed by atoms with Gasteiger partial charge in [0.25, 0.3) is 11.8 Å². The molecule has 0 saturated heterocycles. The van der Waals surface area contributed by atoms with Crippen LogP contribution in [0.15, 0.2) is 16.7 Å². The maximum atomic E-state index is 13.7. The van der Waals surface area contributed by atoms with Gasteiger partial charge in [-0.1, -0.05) is 0 Å². The quantitative estimate of drug-likeness (QED) is 0.526. The van der Waals surface area contributed by atoms with E-state index in [1.165, 1.54) is 0 Å². The Bertz CT molecular complexity index is 1150. The third-order valence-electron chi connectivity index (χ3n) is 4.57. The first kappa shape index (κ1) is 25.8. The highest BCUT2D eigenvalue weighted by Gasteiger charge is 2.64. The minimum Gasteiger partial charge on any atom is -0.346 e. The van der Waals surface area contributed by atoms with Gasteiger partial charge in [0.2, 0.25) is 0 Å². The fourth-order valence-electron chi connectivity index (χ4n) is 2.82. The highest BCUT2D eigenvalue weighted by atomic mass is 79.9. The number of hydrogen-bond donors (Lipinski definition) is 2. The standard InChI is InChI=1S/C17H11BrF9N5O2/c1-32-11(10(16(22,23)24)12(31-32)15(20,21)17(25,26)27)14(34)30-9-2-5(6(18)4-28-9)13(33)29-8-3-7(8)19/h2,4,7-8H,3H2,1H3,(H,29,33)(H,28,30,34). The van der Waals surface area contributed by atoms with Crippen molar-refractivity contribution in [1.29, 1.82) is 0 Å². The summed E-state index contributed by atoms with van der Waals surface area (Å²) >= 11 is 2.98. The molecule has 3 rings (SSSR count). The second-order valence-corrected chi connectivity index (χ2v) is 7.96. The Labute approximate surface area is 191 Å². The fraction of sp³-hybridized carbons (Fsp3) is 0.412. The highest BCUT2D eigenvalue weighted by Crippen LogP contribution is 2.48. The van der Waals surface area contributed by atoms with Crippen LogP contribution < -0.4 is 10.6 Å². The number of carbonyl (C=O) groups excluding carboxylic acids is 2. The van der Waals surface area contributed by atoms with Crippen molar-refractivity contribution >= 4 is 33.6 Å². The average Bonchev–Trinajstić information content (AvgIpc) is 3.23. The van der Waals surface area contributed by atoms with Crippen LogP contribution in [0.5, 0.6) is 0 Å². The number of hydrogen-bond acceptors (Lipinski definition) is 4. The molecule has 1 aliphatic rings. The number of rotatable bonds is 5. The fourth-order valence-corrected chi connectivity index (χ4v) is 3.22. The molecule has 1 fully saturated rings. The molecule has 0 bridgehead atoms. The number of alkyl halides is 9. The predicted molar refractivity (Wildman–Crippen MR) is 98.8 cm³/mol. The molecular formula is C17H11BrF9N5O2. The molecule has 34 heavy (non-hydrogen) atoms. The van der Waals surface area contributed by atoms with E-state index < -0.39 is 65.1 Å². The SMILES string of the molecule is Cn1nc(C(F)(F)C(F)(F)F)c(C(F)(F)F)c1C(=O)Nc1cc(C(=O)NC2CC2F)c(Br)cn1. The lowest BCUT2D eigenvalue weighted by atomic mass is 10.1. The number of carbonyl (C=O) groups is 2. The normalized spacial score (nSPS) is 18.6. The summed E-state index contributed by atoms with van der Waals surface area (Å²) in [5.74, 6) is -9.17. The molecule has 2 N–H and O–H groups in total. The van der Waals surface area contributed by atoms with Gasteiger partial charge in [-0.25, -0.2) is 9.37 Å². The second kappa shape index (κ2) is 8.42. The highest BCUT2D eigenvalue weighted by molar-refractivity contribution is 9.10. The summed E-state index contributed by atoms with van der Waals surface area (Å²) < 4.78 is 119. The number of pyridine rings is 1. The lowest BCUT2D eigenvalue weighted by Gasteiger charge is -2.19. The van der Waals surface area contributed by atoms with Crippen LogP contribution >= 0.6 is 15.9 Å². The van der Waals surface area contributed by atoms with Gasteiger partial charge < -0.3 is 10.6 Å². The van der Waals surface area contributed by atoms with E-state index in [0.717, 1.165) is 12.3 Å². The summed E-state index contributed by atoms with van der Waals surface area (Å²) in [6.45, 7) is 0. The molecule has 7 nitrogen and oxygen atoms in total. The maximum Gasteiger partial charge on any atom is 0.459 e. The van der Waals surface area contributed by atoms with Gasteiger partial charge in [0.1, 0.15) is 23.2 Å². The molecule has 1 saturated carbocycles. The number of anilines is 1. The topological polar surface area (TPSA) is 88.9 Å². The lowest BCUT2D eigenvalue weighted by Crippen LogP contribution is -2.36. The molecule has 0 aliphatic heterocycles. The predicted octanol–water partition coefficient (Wildman–Crippen LogP) is 4.34. The number of aryl methyl sites for hydroxylation is 1. The molecule has 0 radical (unpaired) electrons. The Morgan fingerprint density at radius 2 is 1.71 bits per heavy atom. The third kappa shape index (κ3) is 4.83. The van der Waals surface area contributed by atoms with Gasteiger partial charge in [0.15, 0.2) is 5.69 Å². The zero-order valence-corrected chi connectivity index (χ0v) is 18.0. The first-order valence-electron chi connectivity index (χ1n) is 8.96. The van der Waals surface area contributed by atoms with E-state index in [0.29, 0.717) is 7.05 Å². The number of nitrogens with zero attached hydrogens (tertiary/aromatic N) is 3. The molecule has 2 aromatic heterocycles. The van der Waals surface area contributed by atoms with Gasteiger partial charge in [-0.2, -0.15) is 40.2 Å². The van der Waals surface area contributed by atoms with Crippen LogP contribution in [0.25, 0.3) is 0 Å². The van der Waals surface area contributed by atoms with Crippen LogP contribution in [0, 0.1) is 0 Å². The van der Waals surface area contributed by atoms with Crippen LogP contribution in [0.1, 0.15) is 38.5 Å². The van der Waals surface area contributed by atoms with E-state index in [4.69, 9.17) is 0 Å². The van der Waals surface area contributed by atoms with Crippen molar-refractivity contribution in [2.24, 2.45) is 7.05 Å². The lowest BCUT2D eigenvalue weighted by molar-refractivity contribution is -0.292. The number of amides is 2. The van der Waals surface area contributed by atoms with Crippen molar-refractivity contribution < 1.29 is 49.1 Å². The summed E-state index contributed by atoms with van der Waals surface area (Å²) in [5, 5.41) is 6.73. The Balaban J connectivity index is 1.98. The van der Waals surface area contributed by atoms with Crippen LogP contribution in [-0.2, 0) is 19.1 Å². The zero-order chi connectivity index (χ0) is 25.8. The van der Waals surface area contributed by atoms with Gasteiger partial charge in [-0.15, -0.1) is 0 Å². The number of nitrogens with one attached hydrogen (secondary N) is 2. The summed E-state index contributed by atoms with van der Waals surface area (Å²) in [6.07, 6.45) is -12.5. The molecule has 2 heterocycles. The zero-order valence-electron chi connectivity index (χ0n) is 16.5. The van der Waals surface area contributed by atoms with Crippen LogP contribution in [0.3, 0.4) is 0 Å². The minimum atomic E-state index is -6.43. The summed E-state index contributed by atoms with van der Waals surface area (Å²) in [6, 6.07) is 0.130. The minimum absolute atomic E-state index is 0.0580. The molecule has 2 atom stereocenters. The summed E-state index contributed by atoms with van der Waals surface area (Å²) in [5.41, 5.74) is -7.16. The van der Waals surface area contributed by atoms with Gasteiger partial charge in [0.05, 0.1) is 11.6 Å². The van der Waals surface area contributed by atoms with Crippen LogP contribution in [0.2, 0.25) is 0 Å². The molecular weight excluding hydrogens is 557 g/mol. The average molecular weight is 568 g/mol. The molecule has 186 valence electrons. The van der Waals surface area contributed by atoms with Crippen molar-refractivity contribution in [2.75, 3.05) is 5.32 Å². The largest absolute Gasteiger partial charge is 0.459 e. The molecule has 17 heteroatoms. The summed E-state index contributed by atoms with van der Waals surface area (Å²) in [7, 11) is 0.566. The van der Waals surface area contributed by atoms with E-state index >= 15 is 0 Å². The van der Waals surface area contributed by atoms with Gasteiger partial charge >= 0.3 is 18.3 Å². The molecule has 2 amide bonds. The van der Waals surface area contributed by atoms with Gasteiger partial charge in [0, 0.05) is 24.1 Å². The first-order chi connectivity index (χ1) is 15.4.